The third-order valence-corrected chi connectivity index (χ3v) is 1.60. The molecule has 0 N–H and O–H groups in total. The van der Waals surface area contributed by atoms with Crippen LogP contribution in [0.15, 0.2) is 6.07 Å². The third kappa shape index (κ3) is 4.30. The molecular formula is C10H11F4O2P. The van der Waals surface area contributed by atoms with Crippen molar-refractivity contribution in [2.45, 2.75) is 13.8 Å². The second-order valence-corrected chi connectivity index (χ2v) is 3.20. The van der Waals surface area contributed by atoms with Crippen LogP contribution in [0.5, 0.6) is 5.75 Å². The molecule has 0 amide bonds. The first-order valence-electron chi connectivity index (χ1n) is 4.67. The van der Waals surface area contributed by atoms with Gasteiger partial charge in [-0.1, -0.05) is 23.1 Å². The molecule has 1 rings (SSSR count). The minimum absolute atomic E-state index is 0.0556. The summed E-state index contributed by atoms with van der Waals surface area (Å²) in [5.74, 6) is -7.73. The van der Waals surface area contributed by atoms with Gasteiger partial charge in [0.15, 0.2) is 29.5 Å². The summed E-state index contributed by atoms with van der Waals surface area (Å²) in [4.78, 5) is 10.4. The van der Waals surface area contributed by atoms with E-state index in [1.807, 2.05) is 13.8 Å². The summed E-state index contributed by atoms with van der Waals surface area (Å²) in [7, 11) is 1.69. The van der Waals surface area contributed by atoms with Crippen LogP contribution in [0, 0.1) is 23.3 Å². The second-order valence-electron chi connectivity index (χ2n) is 2.55. The normalized spacial score (nSPS) is 9.35. The van der Waals surface area contributed by atoms with Crippen molar-refractivity contribution in [1.82, 2.24) is 0 Å². The standard InChI is InChI=1S/C8H5F4O2P.C2H6/c9-3-1-4(10)7(12)8(6(3)11)14-2-5(13)15;1-2/h1H,2,15H2;1-2H3. The van der Waals surface area contributed by atoms with E-state index in [0.29, 0.717) is 0 Å². The maximum absolute atomic E-state index is 12.9. The number of hydrogen-bond acceptors (Lipinski definition) is 2. The first kappa shape index (κ1) is 15.8. The van der Waals surface area contributed by atoms with Gasteiger partial charge >= 0.3 is 0 Å². The van der Waals surface area contributed by atoms with Crippen LogP contribution in [-0.2, 0) is 4.79 Å². The van der Waals surface area contributed by atoms with Gasteiger partial charge in [0.2, 0.25) is 11.6 Å². The summed E-state index contributed by atoms with van der Waals surface area (Å²) in [5, 5.41) is 0. The van der Waals surface area contributed by atoms with Gasteiger partial charge in [0.05, 0.1) is 0 Å². The summed E-state index contributed by atoms with van der Waals surface area (Å²) >= 11 is 0. The predicted molar refractivity (Wildman–Crippen MR) is 57.8 cm³/mol. The quantitative estimate of drug-likeness (QED) is 0.479. The van der Waals surface area contributed by atoms with E-state index in [9.17, 15) is 22.4 Å². The van der Waals surface area contributed by atoms with Crippen molar-refractivity contribution in [3.05, 3.63) is 29.3 Å². The summed E-state index contributed by atoms with van der Waals surface area (Å²) in [6.45, 7) is 3.31. The van der Waals surface area contributed by atoms with Gasteiger partial charge in [-0.05, 0) is 0 Å². The van der Waals surface area contributed by atoms with Crippen molar-refractivity contribution < 1.29 is 27.1 Å². The Labute approximate surface area is 98.2 Å². The maximum Gasteiger partial charge on any atom is 0.203 e. The van der Waals surface area contributed by atoms with Gasteiger partial charge in [0, 0.05) is 6.07 Å². The highest BCUT2D eigenvalue weighted by atomic mass is 31.0. The van der Waals surface area contributed by atoms with E-state index in [-0.39, 0.29) is 6.07 Å². The summed E-state index contributed by atoms with van der Waals surface area (Å²) in [6, 6.07) is 0.0556. The molecule has 0 aliphatic heterocycles. The van der Waals surface area contributed by atoms with Crippen LogP contribution in [0.2, 0.25) is 0 Å². The molecule has 0 aliphatic rings. The Morgan fingerprint density at radius 1 is 1.18 bits per heavy atom. The zero-order chi connectivity index (χ0) is 13.6. The number of hydrogen-bond donors (Lipinski definition) is 0. The number of carbonyl (C=O) groups excluding carboxylic acids is 1. The van der Waals surface area contributed by atoms with E-state index < -0.39 is 41.1 Å². The monoisotopic (exact) mass is 270 g/mol. The Morgan fingerprint density at radius 3 is 1.94 bits per heavy atom. The molecule has 1 atom stereocenters. The molecule has 0 fully saturated rings. The molecule has 0 aliphatic carbocycles. The van der Waals surface area contributed by atoms with Crippen molar-refractivity contribution in [3.8, 4) is 5.75 Å². The Kier molecular flexibility index (Phi) is 6.73. The van der Waals surface area contributed by atoms with Gasteiger partial charge in [-0.2, -0.15) is 8.78 Å². The number of benzene rings is 1. The van der Waals surface area contributed by atoms with Gasteiger partial charge in [0.1, 0.15) is 0 Å². The van der Waals surface area contributed by atoms with Crippen LogP contribution in [-0.4, -0.2) is 12.1 Å². The Balaban J connectivity index is 0.00000121. The third-order valence-electron chi connectivity index (χ3n) is 1.43. The molecular weight excluding hydrogens is 259 g/mol. The zero-order valence-corrected chi connectivity index (χ0v) is 10.3. The molecule has 0 spiro atoms. The first-order chi connectivity index (χ1) is 7.93. The Bertz CT molecular complexity index is 384. The van der Waals surface area contributed by atoms with Crippen LogP contribution >= 0.6 is 9.24 Å². The molecule has 96 valence electrons. The largest absolute Gasteiger partial charge is 0.479 e. The lowest BCUT2D eigenvalue weighted by Gasteiger charge is -2.07. The van der Waals surface area contributed by atoms with Crippen LogP contribution in [0.25, 0.3) is 0 Å². The van der Waals surface area contributed by atoms with Crippen LogP contribution in [0.1, 0.15) is 13.8 Å². The predicted octanol–water partition coefficient (Wildman–Crippen LogP) is 3.05. The molecule has 1 aromatic rings. The average Bonchev–Trinajstić information content (AvgIpc) is 2.29. The second kappa shape index (κ2) is 7.22. The Morgan fingerprint density at radius 2 is 1.59 bits per heavy atom. The molecule has 0 saturated carbocycles. The lowest BCUT2D eigenvalue weighted by atomic mass is 10.3. The van der Waals surface area contributed by atoms with E-state index >= 15 is 0 Å². The number of rotatable bonds is 3. The SMILES string of the molecule is CC.O=C(P)COc1c(F)c(F)cc(F)c1F. The molecule has 0 radical (unpaired) electrons. The average molecular weight is 270 g/mol. The maximum atomic E-state index is 12.9. The molecule has 0 aromatic heterocycles. The number of halogens is 4. The van der Waals surface area contributed by atoms with Crippen molar-refractivity contribution in [2.24, 2.45) is 0 Å². The molecule has 0 saturated heterocycles. The van der Waals surface area contributed by atoms with E-state index in [2.05, 4.69) is 4.74 Å². The van der Waals surface area contributed by atoms with Gasteiger partial charge < -0.3 is 4.74 Å². The van der Waals surface area contributed by atoms with Crippen molar-refractivity contribution in [3.63, 3.8) is 0 Å². The lowest BCUT2D eigenvalue weighted by Crippen LogP contribution is -2.08. The summed E-state index contributed by atoms with van der Waals surface area (Å²) in [5.41, 5.74) is -0.613. The van der Waals surface area contributed by atoms with Crippen molar-refractivity contribution in [2.75, 3.05) is 6.61 Å². The van der Waals surface area contributed by atoms with E-state index in [1.165, 1.54) is 0 Å². The number of ether oxygens (including phenoxy) is 1. The molecule has 17 heavy (non-hydrogen) atoms. The highest BCUT2D eigenvalue weighted by Crippen LogP contribution is 2.26. The molecule has 0 bridgehead atoms. The van der Waals surface area contributed by atoms with Crippen LogP contribution in [0.4, 0.5) is 17.6 Å². The fraction of sp³-hybridized carbons (Fsp3) is 0.300. The molecule has 7 heteroatoms. The van der Waals surface area contributed by atoms with Crippen molar-refractivity contribution in [1.29, 1.82) is 0 Å². The van der Waals surface area contributed by atoms with Gasteiger partial charge in [-0.15, -0.1) is 0 Å². The highest BCUT2D eigenvalue weighted by molar-refractivity contribution is 7.40. The van der Waals surface area contributed by atoms with E-state index in [4.69, 9.17) is 0 Å². The Hall–Kier alpha value is -1.16. The lowest BCUT2D eigenvalue weighted by molar-refractivity contribution is -0.112. The molecule has 2 nitrogen and oxygen atoms in total. The summed E-state index contributed by atoms with van der Waals surface area (Å²) in [6.07, 6.45) is 0. The number of carbonyl (C=O) groups is 1. The zero-order valence-electron chi connectivity index (χ0n) is 9.19. The van der Waals surface area contributed by atoms with Crippen LogP contribution < -0.4 is 4.74 Å². The van der Waals surface area contributed by atoms with Crippen LogP contribution in [0.3, 0.4) is 0 Å². The van der Waals surface area contributed by atoms with E-state index in [1.54, 1.807) is 9.24 Å². The smallest absolute Gasteiger partial charge is 0.203 e. The molecule has 0 heterocycles. The fourth-order valence-electron chi connectivity index (χ4n) is 0.821. The van der Waals surface area contributed by atoms with E-state index in [0.717, 1.165) is 0 Å². The minimum Gasteiger partial charge on any atom is -0.479 e. The molecule has 1 aromatic carbocycles. The topological polar surface area (TPSA) is 26.3 Å². The molecule has 1 unspecified atom stereocenters. The van der Waals surface area contributed by atoms with Gasteiger partial charge in [-0.3, -0.25) is 4.79 Å². The minimum atomic E-state index is -1.67. The van der Waals surface area contributed by atoms with Crippen molar-refractivity contribution >= 4 is 14.8 Å². The van der Waals surface area contributed by atoms with Gasteiger partial charge in [-0.25, -0.2) is 8.78 Å². The summed E-state index contributed by atoms with van der Waals surface area (Å²) < 4.78 is 55.2. The fourth-order valence-corrected chi connectivity index (χ4v) is 0.905. The first-order valence-corrected chi connectivity index (χ1v) is 5.25. The van der Waals surface area contributed by atoms with Gasteiger partial charge in [0.25, 0.3) is 0 Å². The highest BCUT2D eigenvalue weighted by Gasteiger charge is 2.20.